The van der Waals surface area contributed by atoms with Crippen LogP contribution in [0.25, 0.3) is 0 Å². The van der Waals surface area contributed by atoms with Crippen LogP contribution in [0.4, 0.5) is 0 Å². The Hall–Kier alpha value is -0.770. The van der Waals surface area contributed by atoms with E-state index in [1.54, 1.807) is 0 Å². The van der Waals surface area contributed by atoms with Crippen molar-refractivity contribution in [3.05, 3.63) is 11.6 Å². The third-order valence-corrected chi connectivity index (χ3v) is 2.55. The molecular weight excluding hydrogens is 134 g/mol. The summed E-state index contributed by atoms with van der Waals surface area (Å²) in [6.45, 7) is 6.19. The molecule has 60 valence electrons. The molecule has 1 rings (SSSR count). The standard InChI is InChI=1S/C10H15N/c1-8-4-5-9(6-8)10(2,3)7-11/h6,9H,4-5H2,1-3H3/t9-/m1/s1. The van der Waals surface area contributed by atoms with Gasteiger partial charge in [-0.25, -0.2) is 0 Å². The highest BCUT2D eigenvalue weighted by Crippen LogP contribution is 2.37. The van der Waals surface area contributed by atoms with E-state index >= 15 is 0 Å². The molecule has 0 radical (unpaired) electrons. The summed E-state index contributed by atoms with van der Waals surface area (Å²) in [5, 5.41) is 8.86. The second kappa shape index (κ2) is 2.70. The average molecular weight is 149 g/mol. The van der Waals surface area contributed by atoms with Crippen LogP contribution in [0.2, 0.25) is 0 Å². The first-order valence-electron chi connectivity index (χ1n) is 4.15. The third kappa shape index (κ3) is 1.63. The summed E-state index contributed by atoms with van der Waals surface area (Å²) >= 11 is 0. The molecule has 0 aromatic rings. The fourth-order valence-electron chi connectivity index (χ4n) is 1.55. The lowest BCUT2D eigenvalue weighted by molar-refractivity contribution is 0.351. The minimum Gasteiger partial charge on any atom is -0.198 e. The van der Waals surface area contributed by atoms with Gasteiger partial charge in [-0.2, -0.15) is 5.26 Å². The van der Waals surface area contributed by atoms with Crippen LogP contribution >= 0.6 is 0 Å². The highest BCUT2D eigenvalue weighted by Gasteiger charge is 2.29. The van der Waals surface area contributed by atoms with Gasteiger partial charge >= 0.3 is 0 Å². The maximum absolute atomic E-state index is 8.86. The first kappa shape index (κ1) is 8.33. The molecule has 0 unspecified atom stereocenters. The van der Waals surface area contributed by atoms with Crippen LogP contribution < -0.4 is 0 Å². The summed E-state index contributed by atoms with van der Waals surface area (Å²) in [5.41, 5.74) is 1.27. The first-order valence-corrected chi connectivity index (χ1v) is 4.15. The van der Waals surface area contributed by atoms with Crippen molar-refractivity contribution in [2.75, 3.05) is 0 Å². The van der Waals surface area contributed by atoms with Gasteiger partial charge in [0.15, 0.2) is 0 Å². The van der Waals surface area contributed by atoms with E-state index in [0.29, 0.717) is 5.92 Å². The Morgan fingerprint density at radius 2 is 2.27 bits per heavy atom. The van der Waals surface area contributed by atoms with Crippen LogP contribution in [-0.2, 0) is 0 Å². The summed E-state index contributed by atoms with van der Waals surface area (Å²) in [6, 6.07) is 2.36. The second-order valence-corrected chi connectivity index (χ2v) is 3.99. The number of hydrogen-bond acceptors (Lipinski definition) is 1. The molecule has 1 nitrogen and oxygen atoms in total. The van der Waals surface area contributed by atoms with Crippen molar-refractivity contribution < 1.29 is 0 Å². The van der Waals surface area contributed by atoms with Crippen LogP contribution in [0, 0.1) is 22.7 Å². The van der Waals surface area contributed by atoms with E-state index in [0.717, 1.165) is 6.42 Å². The van der Waals surface area contributed by atoms with Crippen LogP contribution in [0.5, 0.6) is 0 Å². The fraction of sp³-hybridized carbons (Fsp3) is 0.700. The summed E-state index contributed by atoms with van der Waals surface area (Å²) < 4.78 is 0. The van der Waals surface area contributed by atoms with Gasteiger partial charge in [-0.1, -0.05) is 11.6 Å². The average Bonchev–Trinajstić information content (AvgIpc) is 2.36. The third-order valence-electron chi connectivity index (χ3n) is 2.55. The van der Waals surface area contributed by atoms with Crippen molar-refractivity contribution in [1.29, 1.82) is 5.26 Å². The predicted octanol–water partition coefficient (Wildman–Crippen LogP) is 2.89. The lowest BCUT2D eigenvalue weighted by Crippen LogP contribution is -2.18. The highest BCUT2D eigenvalue weighted by molar-refractivity contribution is 5.15. The number of nitrogens with zero attached hydrogens (tertiary/aromatic N) is 1. The van der Waals surface area contributed by atoms with Gasteiger partial charge in [-0.05, 0) is 39.5 Å². The second-order valence-electron chi connectivity index (χ2n) is 3.99. The molecule has 0 spiro atoms. The van der Waals surface area contributed by atoms with E-state index in [2.05, 4.69) is 19.1 Å². The maximum atomic E-state index is 8.86. The van der Waals surface area contributed by atoms with Crippen LogP contribution in [0.3, 0.4) is 0 Å². The van der Waals surface area contributed by atoms with Crippen molar-refractivity contribution in [2.45, 2.75) is 33.6 Å². The summed E-state index contributed by atoms with van der Waals surface area (Å²) in [4.78, 5) is 0. The van der Waals surface area contributed by atoms with Gasteiger partial charge in [-0.3, -0.25) is 0 Å². The molecule has 1 heteroatoms. The molecule has 0 aromatic carbocycles. The van der Waals surface area contributed by atoms with Crippen LogP contribution in [-0.4, -0.2) is 0 Å². The Kier molecular flexibility index (Phi) is 2.04. The van der Waals surface area contributed by atoms with E-state index in [4.69, 9.17) is 5.26 Å². The molecule has 0 fully saturated rings. The zero-order valence-corrected chi connectivity index (χ0v) is 7.52. The zero-order chi connectivity index (χ0) is 8.48. The largest absolute Gasteiger partial charge is 0.198 e. The molecule has 0 saturated carbocycles. The van der Waals surface area contributed by atoms with Crippen molar-refractivity contribution in [3.8, 4) is 6.07 Å². The minimum atomic E-state index is -0.169. The number of nitriles is 1. The van der Waals surface area contributed by atoms with Gasteiger partial charge in [0.2, 0.25) is 0 Å². The summed E-state index contributed by atoms with van der Waals surface area (Å²) in [5.74, 6) is 0.479. The van der Waals surface area contributed by atoms with E-state index < -0.39 is 0 Å². The van der Waals surface area contributed by atoms with Gasteiger partial charge < -0.3 is 0 Å². The highest BCUT2D eigenvalue weighted by atomic mass is 14.4. The van der Waals surface area contributed by atoms with Gasteiger partial charge in [0.25, 0.3) is 0 Å². The molecule has 0 bridgehead atoms. The number of allylic oxidation sites excluding steroid dienone is 2. The summed E-state index contributed by atoms with van der Waals surface area (Å²) in [7, 11) is 0. The fourth-order valence-corrected chi connectivity index (χ4v) is 1.55. The molecule has 0 aliphatic heterocycles. The molecule has 1 aliphatic rings. The smallest absolute Gasteiger partial charge is 0.0690 e. The normalized spacial score (nSPS) is 24.5. The molecule has 1 aliphatic carbocycles. The van der Waals surface area contributed by atoms with Crippen LogP contribution in [0.1, 0.15) is 33.6 Å². The SMILES string of the molecule is CC1=C[C@H](C(C)(C)C#N)CC1. The Bertz CT molecular complexity index is 218. The Labute approximate surface area is 68.7 Å². The molecular formula is C10H15N. The first-order chi connectivity index (χ1) is 5.06. The predicted molar refractivity (Wildman–Crippen MR) is 45.9 cm³/mol. The Balaban J connectivity index is 2.72. The molecule has 0 heterocycles. The van der Waals surface area contributed by atoms with Crippen molar-refractivity contribution in [2.24, 2.45) is 11.3 Å². The van der Waals surface area contributed by atoms with Gasteiger partial charge in [0, 0.05) is 0 Å². The van der Waals surface area contributed by atoms with Gasteiger partial charge in [-0.15, -0.1) is 0 Å². The Morgan fingerprint density at radius 3 is 2.64 bits per heavy atom. The molecule has 0 aromatic heterocycles. The van der Waals surface area contributed by atoms with Gasteiger partial charge in [0.1, 0.15) is 0 Å². The number of rotatable bonds is 1. The lowest BCUT2D eigenvalue weighted by atomic mass is 9.80. The minimum absolute atomic E-state index is 0.169. The van der Waals surface area contributed by atoms with E-state index in [-0.39, 0.29) is 5.41 Å². The molecule has 1 atom stereocenters. The molecule has 0 amide bonds. The monoisotopic (exact) mass is 149 g/mol. The van der Waals surface area contributed by atoms with E-state index in [1.165, 1.54) is 12.0 Å². The topological polar surface area (TPSA) is 23.8 Å². The van der Waals surface area contributed by atoms with E-state index in [1.807, 2.05) is 13.8 Å². The Morgan fingerprint density at radius 1 is 1.64 bits per heavy atom. The van der Waals surface area contributed by atoms with Crippen LogP contribution in [0.15, 0.2) is 11.6 Å². The number of hydrogen-bond donors (Lipinski definition) is 0. The van der Waals surface area contributed by atoms with Crippen molar-refractivity contribution in [3.63, 3.8) is 0 Å². The molecule has 11 heavy (non-hydrogen) atoms. The van der Waals surface area contributed by atoms with Crippen molar-refractivity contribution in [1.82, 2.24) is 0 Å². The molecule has 0 saturated heterocycles. The van der Waals surface area contributed by atoms with E-state index in [9.17, 15) is 0 Å². The van der Waals surface area contributed by atoms with Crippen molar-refractivity contribution >= 4 is 0 Å². The maximum Gasteiger partial charge on any atom is 0.0690 e. The quantitative estimate of drug-likeness (QED) is 0.526. The zero-order valence-electron chi connectivity index (χ0n) is 7.52. The lowest BCUT2D eigenvalue weighted by Gasteiger charge is -2.21. The van der Waals surface area contributed by atoms with Gasteiger partial charge in [0.05, 0.1) is 11.5 Å². The molecule has 0 N–H and O–H groups in total. The summed E-state index contributed by atoms with van der Waals surface area (Å²) in [6.07, 6.45) is 4.59.